The fourth-order valence-corrected chi connectivity index (χ4v) is 1.61. The standard InChI is InChI=1S/C15H12ClNO2/c16-14(10-13-8-4-5-9-17-13)15(18)19-11-12-6-2-1-3-7-12/h1-10H,11H2/b14-10-. The van der Waals surface area contributed by atoms with Crippen molar-refractivity contribution in [2.45, 2.75) is 6.61 Å². The normalized spacial score (nSPS) is 11.1. The summed E-state index contributed by atoms with van der Waals surface area (Å²) in [7, 11) is 0. The van der Waals surface area contributed by atoms with Gasteiger partial charge in [-0.25, -0.2) is 4.79 Å². The first-order chi connectivity index (χ1) is 9.25. The van der Waals surface area contributed by atoms with Gasteiger partial charge in [-0.05, 0) is 23.8 Å². The quantitative estimate of drug-likeness (QED) is 0.633. The number of carbonyl (C=O) groups is 1. The molecule has 19 heavy (non-hydrogen) atoms. The third-order valence-electron chi connectivity index (χ3n) is 2.37. The predicted octanol–water partition coefficient (Wildman–Crippen LogP) is 3.40. The largest absolute Gasteiger partial charge is 0.457 e. The van der Waals surface area contributed by atoms with Gasteiger partial charge in [-0.15, -0.1) is 0 Å². The molecule has 0 aliphatic rings. The summed E-state index contributed by atoms with van der Waals surface area (Å²) in [4.78, 5) is 15.7. The summed E-state index contributed by atoms with van der Waals surface area (Å²) in [6.07, 6.45) is 3.11. The van der Waals surface area contributed by atoms with Crippen molar-refractivity contribution < 1.29 is 9.53 Å². The minimum atomic E-state index is -0.559. The zero-order chi connectivity index (χ0) is 13.5. The van der Waals surface area contributed by atoms with E-state index in [0.717, 1.165) is 5.56 Å². The molecule has 0 saturated heterocycles. The highest BCUT2D eigenvalue weighted by molar-refractivity contribution is 6.43. The maximum absolute atomic E-state index is 11.7. The SMILES string of the molecule is O=C(OCc1ccccc1)/C(Cl)=C/c1ccccn1. The van der Waals surface area contributed by atoms with E-state index >= 15 is 0 Å². The number of hydrogen-bond donors (Lipinski definition) is 0. The van der Waals surface area contributed by atoms with E-state index in [1.807, 2.05) is 36.4 Å². The molecule has 0 spiro atoms. The summed E-state index contributed by atoms with van der Waals surface area (Å²) < 4.78 is 5.10. The van der Waals surface area contributed by atoms with Crippen LogP contribution in [0.25, 0.3) is 6.08 Å². The highest BCUT2D eigenvalue weighted by Gasteiger charge is 2.08. The minimum Gasteiger partial charge on any atom is -0.457 e. The molecule has 0 radical (unpaired) electrons. The Morgan fingerprint density at radius 3 is 2.58 bits per heavy atom. The van der Waals surface area contributed by atoms with E-state index in [2.05, 4.69) is 4.98 Å². The summed E-state index contributed by atoms with van der Waals surface area (Å²) in [5, 5.41) is 0.00892. The van der Waals surface area contributed by atoms with Gasteiger partial charge in [-0.2, -0.15) is 0 Å². The number of ether oxygens (including phenoxy) is 1. The number of pyridine rings is 1. The predicted molar refractivity (Wildman–Crippen MR) is 74.3 cm³/mol. The second kappa shape index (κ2) is 6.71. The highest BCUT2D eigenvalue weighted by Crippen LogP contribution is 2.11. The van der Waals surface area contributed by atoms with Gasteiger partial charge in [-0.3, -0.25) is 4.98 Å². The Balaban J connectivity index is 1.95. The summed E-state index contributed by atoms with van der Waals surface area (Å²) in [5.41, 5.74) is 1.53. The fourth-order valence-electron chi connectivity index (χ4n) is 1.44. The number of nitrogens with zero attached hydrogens (tertiary/aromatic N) is 1. The van der Waals surface area contributed by atoms with Crippen LogP contribution in [0.2, 0.25) is 0 Å². The summed E-state index contributed by atoms with van der Waals surface area (Å²) in [6.45, 7) is 0.200. The molecule has 0 saturated carbocycles. The van der Waals surface area contributed by atoms with Gasteiger partial charge in [-0.1, -0.05) is 48.0 Å². The molecule has 0 aliphatic heterocycles. The smallest absolute Gasteiger partial charge is 0.350 e. The van der Waals surface area contributed by atoms with Gasteiger partial charge in [0.05, 0.1) is 5.69 Å². The molecule has 1 aromatic heterocycles. The molecule has 3 nitrogen and oxygen atoms in total. The maximum Gasteiger partial charge on any atom is 0.350 e. The molecule has 0 unspecified atom stereocenters. The zero-order valence-electron chi connectivity index (χ0n) is 10.1. The Kier molecular flexibility index (Phi) is 4.70. The van der Waals surface area contributed by atoms with Crippen LogP contribution in [0.1, 0.15) is 11.3 Å². The molecule has 2 rings (SSSR count). The lowest BCUT2D eigenvalue weighted by Gasteiger charge is -2.03. The van der Waals surface area contributed by atoms with E-state index in [9.17, 15) is 4.79 Å². The molecular weight excluding hydrogens is 262 g/mol. The number of carbonyl (C=O) groups excluding carboxylic acids is 1. The van der Waals surface area contributed by atoms with Crippen molar-refractivity contribution >= 4 is 23.6 Å². The molecule has 0 bridgehead atoms. The van der Waals surface area contributed by atoms with Crippen molar-refractivity contribution in [3.8, 4) is 0 Å². The second-order valence-electron chi connectivity index (χ2n) is 3.81. The van der Waals surface area contributed by atoms with Gasteiger partial charge in [0.1, 0.15) is 11.6 Å². The molecule has 0 aliphatic carbocycles. The number of rotatable bonds is 4. The van der Waals surface area contributed by atoms with E-state index in [0.29, 0.717) is 5.69 Å². The Morgan fingerprint density at radius 2 is 1.89 bits per heavy atom. The van der Waals surface area contributed by atoms with E-state index in [4.69, 9.17) is 16.3 Å². The number of hydrogen-bond acceptors (Lipinski definition) is 3. The first kappa shape index (κ1) is 13.3. The van der Waals surface area contributed by atoms with Crippen molar-refractivity contribution in [3.63, 3.8) is 0 Å². The summed E-state index contributed by atoms with van der Waals surface area (Å²) >= 11 is 5.88. The van der Waals surface area contributed by atoms with Crippen LogP contribution in [0, 0.1) is 0 Å². The summed E-state index contributed by atoms with van der Waals surface area (Å²) in [6, 6.07) is 14.8. The molecular formula is C15H12ClNO2. The number of esters is 1. The van der Waals surface area contributed by atoms with Crippen LogP contribution in [0.4, 0.5) is 0 Å². The maximum atomic E-state index is 11.7. The molecule has 0 amide bonds. The van der Waals surface area contributed by atoms with Crippen molar-refractivity contribution in [2.24, 2.45) is 0 Å². The van der Waals surface area contributed by atoms with Gasteiger partial charge in [0, 0.05) is 6.20 Å². The van der Waals surface area contributed by atoms with Crippen LogP contribution >= 0.6 is 11.6 Å². The van der Waals surface area contributed by atoms with Gasteiger partial charge in [0.25, 0.3) is 0 Å². The van der Waals surface area contributed by atoms with Gasteiger partial charge >= 0.3 is 5.97 Å². The zero-order valence-corrected chi connectivity index (χ0v) is 10.9. The van der Waals surface area contributed by atoms with E-state index in [1.165, 1.54) is 6.08 Å². The second-order valence-corrected chi connectivity index (χ2v) is 4.22. The van der Waals surface area contributed by atoms with E-state index in [1.54, 1.807) is 18.3 Å². The topological polar surface area (TPSA) is 39.2 Å². The summed E-state index contributed by atoms with van der Waals surface area (Å²) in [5.74, 6) is -0.559. The van der Waals surface area contributed by atoms with Crippen molar-refractivity contribution in [1.82, 2.24) is 4.98 Å². The van der Waals surface area contributed by atoms with Crippen LogP contribution < -0.4 is 0 Å². The third kappa shape index (κ3) is 4.23. The molecule has 0 N–H and O–H groups in total. The monoisotopic (exact) mass is 273 g/mol. The molecule has 96 valence electrons. The van der Waals surface area contributed by atoms with Gasteiger partial charge in [0.15, 0.2) is 0 Å². The lowest BCUT2D eigenvalue weighted by Crippen LogP contribution is -2.04. The van der Waals surface area contributed by atoms with Crippen LogP contribution in [0.5, 0.6) is 0 Å². The van der Waals surface area contributed by atoms with Crippen LogP contribution in [-0.4, -0.2) is 11.0 Å². The fraction of sp³-hybridized carbons (Fsp3) is 0.0667. The van der Waals surface area contributed by atoms with Crippen molar-refractivity contribution in [2.75, 3.05) is 0 Å². The Morgan fingerprint density at radius 1 is 1.16 bits per heavy atom. The Bertz CT molecular complexity index is 567. The first-order valence-electron chi connectivity index (χ1n) is 5.75. The number of benzene rings is 1. The Hall–Kier alpha value is -2.13. The molecule has 1 aromatic carbocycles. The third-order valence-corrected chi connectivity index (χ3v) is 2.63. The lowest BCUT2D eigenvalue weighted by molar-refractivity contribution is -0.139. The highest BCUT2D eigenvalue weighted by atomic mass is 35.5. The lowest BCUT2D eigenvalue weighted by atomic mass is 10.2. The molecule has 1 heterocycles. The average molecular weight is 274 g/mol. The van der Waals surface area contributed by atoms with Gasteiger partial charge in [0.2, 0.25) is 0 Å². The minimum absolute atomic E-state index is 0.00892. The molecule has 0 fully saturated rings. The van der Waals surface area contributed by atoms with Crippen LogP contribution in [-0.2, 0) is 16.1 Å². The van der Waals surface area contributed by atoms with Crippen LogP contribution in [0.3, 0.4) is 0 Å². The van der Waals surface area contributed by atoms with Crippen LogP contribution in [0.15, 0.2) is 59.8 Å². The van der Waals surface area contributed by atoms with Crippen molar-refractivity contribution in [3.05, 3.63) is 71.0 Å². The first-order valence-corrected chi connectivity index (χ1v) is 6.13. The molecule has 4 heteroatoms. The number of aromatic nitrogens is 1. The van der Waals surface area contributed by atoms with Crippen molar-refractivity contribution in [1.29, 1.82) is 0 Å². The van der Waals surface area contributed by atoms with E-state index in [-0.39, 0.29) is 11.6 Å². The Labute approximate surface area is 116 Å². The molecule has 0 atom stereocenters. The molecule has 2 aromatic rings. The van der Waals surface area contributed by atoms with E-state index < -0.39 is 5.97 Å². The average Bonchev–Trinajstić information content (AvgIpc) is 2.47. The number of halogens is 1. The van der Waals surface area contributed by atoms with Gasteiger partial charge < -0.3 is 4.74 Å².